The van der Waals surface area contributed by atoms with Gasteiger partial charge in [0.15, 0.2) is 0 Å². The van der Waals surface area contributed by atoms with Crippen molar-refractivity contribution in [3.8, 4) is 0 Å². The zero-order valence-electron chi connectivity index (χ0n) is 12.7. The molecule has 4 heterocycles. The van der Waals surface area contributed by atoms with Crippen molar-refractivity contribution in [2.75, 3.05) is 18.0 Å². The molecule has 1 saturated carbocycles. The van der Waals surface area contributed by atoms with Crippen LogP contribution in [0, 0.1) is 0 Å². The number of nitrogens with zero attached hydrogens (tertiary/aromatic N) is 5. The summed E-state index contributed by atoms with van der Waals surface area (Å²) in [6.07, 6.45) is 6.12. The first-order valence-corrected chi connectivity index (χ1v) is 9.03. The number of thiophene rings is 1. The molecular formula is C16H17N5OS. The summed E-state index contributed by atoms with van der Waals surface area (Å²) in [6.45, 7) is 1.94. The van der Waals surface area contributed by atoms with Gasteiger partial charge in [0.05, 0.1) is 10.2 Å². The van der Waals surface area contributed by atoms with Gasteiger partial charge in [-0.2, -0.15) is 0 Å². The highest BCUT2D eigenvalue weighted by atomic mass is 32.1. The van der Waals surface area contributed by atoms with E-state index in [9.17, 15) is 0 Å². The highest BCUT2D eigenvalue weighted by Gasteiger charge is 2.32. The van der Waals surface area contributed by atoms with Gasteiger partial charge in [0.25, 0.3) is 0 Å². The maximum absolute atomic E-state index is 5.88. The zero-order chi connectivity index (χ0) is 15.2. The lowest BCUT2D eigenvalue weighted by atomic mass is 9.97. The second-order valence-corrected chi connectivity index (χ2v) is 7.26. The number of anilines is 1. The summed E-state index contributed by atoms with van der Waals surface area (Å²) in [5.74, 6) is 3.65. The Bertz CT molecular complexity index is 832. The van der Waals surface area contributed by atoms with Crippen LogP contribution in [0.4, 0.5) is 5.82 Å². The molecule has 0 N–H and O–H groups in total. The fraction of sp³-hybridized carbons (Fsp3) is 0.500. The Kier molecular flexibility index (Phi) is 3.07. The normalized spacial score (nSPS) is 19.6. The minimum atomic E-state index is 0.381. The molecular weight excluding hydrogens is 310 g/mol. The summed E-state index contributed by atoms with van der Waals surface area (Å²) in [5.41, 5.74) is 1.04. The van der Waals surface area contributed by atoms with Crippen LogP contribution in [-0.4, -0.2) is 33.3 Å². The van der Waals surface area contributed by atoms with Gasteiger partial charge < -0.3 is 9.32 Å². The predicted molar refractivity (Wildman–Crippen MR) is 87.9 cm³/mol. The Morgan fingerprint density at radius 3 is 2.48 bits per heavy atom. The first-order valence-electron chi connectivity index (χ1n) is 8.15. The number of aromatic nitrogens is 4. The lowest BCUT2D eigenvalue weighted by Crippen LogP contribution is -2.33. The van der Waals surface area contributed by atoms with Gasteiger partial charge in [-0.25, -0.2) is 9.97 Å². The molecule has 118 valence electrons. The fourth-order valence-electron chi connectivity index (χ4n) is 3.25. The molecule has 6 nitrogen and oxygen atoms in total. The molecule has 23 heavy (non-hydrogen) atoms. The molecule has 0 spiro atoms. The van der Waals surface area contributed by atoms with Crippen molar-refractivity contribution < 1.29 is 4.42 Å². The van der Waals surface area contributed by atoms with E-state index in [4.69, 9.17) is 4.42 Å². The van der Waals surface area contributed by atoms with Crippen molar-refractivity contribution in [2.24, 2.45) is 0 Å². The summed E-state index contributed by atoms with van der Waals surface area (Å²) >= 11 is 1.71. The third kappa shape index (κ3) is 2.39. The summed E-state index contributed by atoms with van der Waals surface area (Å²) < 4.78 is 7.06. The third-order valence-electron chi connectivity index (χ3n) is 4.75. The summed E-state index contributed by atoms with van der Waals surface area (Å²) in [6, 6.07) is 2.05. The molecule has 3 aromatic rings. The van der Waals surface area contributed by atoms with Crippen molar-refractivity contribution in [1.82, 2.24) is 20.2 Å². The maximum Gasteiger partial charge on any atom is 0.219 e. The van der Waals surface area contributed by atoms with Crippen molar-refractivity contribution in [3.05, 3.63) is 29.6 Å². The van der Waals surface area contributed by atoms with E-state index in [0.29, 0.717) is 11.8 Å². The zero-order valence-corrected chi connectivity index (χ0v) is 13.5. The van der Waals surface area contributed by atoms with Gasteiger partial charge in [0.2, 0.25) is 11.8 Å². The van der Waals surface area contributed by atoms with Crippen LogP contribution in [0.15, 0.2) is 22.2 Å². The monoisotopic (exact) mass is 327 g/mol. The van der Waals surface area contributed by atoms with Crippen LogP contribution in [0.1, 0.15) is 49.3 Å². The SMILES string of the molecule is c1nc(N2CCC(c3nnc(C4CC4)o3)CC2)c2sccc2n1. The first kappa shape index (κ1) is 13.4. The highest BCUT2D eigenvalue weighted by Crippen LogP contribution is 2.40. The van der Waals surface area contributed by atoms with Crippen LogP contribution in [0.3, 0.4) is 0 Å². The third-order valence-corrected chi connectivity index (χ3v) is 5.65. The van der Waals surface area contributed by atoms with Crippen LogP contribution in [0.5, 0.6) is 0 Å². The standard InChI is InChI=1S/C16H17N5OS/c1-2-10(1)15-19-20-16(22-15)11-3-6-21(7-4-11)14-13-12(5-8-23-13)17-9-18-14/h5,8-11H,1-4,6-7H2. The van der Waals surface area contributed by atoms with Crippen molar-refractivity contribution in [1.29, 1.82) is 0 Å². The lowest BCUT2D eigenvalue weighted by molar-refractivity contribution is 0.375. The largest absolute Gasteiger partial charge is 0.425 e. The second-order valence-electron chi connectivity index (χ2n) is 6.35. The van der Waals surface area contributed by atoms with Crippen LogP contribution < -0.4 is 4.90 Å². The van der Waals surface area contributed by atoms with E-state index in [1.54, 1.807) is 17.7 Å². The predicted octanol–water partition coefficient (Wildman–Crippen LogP) is 3.34. The fourth-order valence-corrected chi connectivity index (χ4v) is 4.11. The molecule has 1 aliphatic heterocycles. The van der Waals surface area contributed by atoms with Gasteiger partial charge in [-0.15, -0.1) is 21.5 Å². The van der Waals surface area contributed by atoms with E-state index in [2.05, 4.69) is 36.5 Å². The van der Waals surface area contributed by atoms with E-state index in [-0.39, 0.29) is 0 Å². The van der Waals surface area contributed by atoms with Gasteiger partial charge in [0, 0.05) is 24.9 Å². The average Bonchev–Trinajstić information content (AvgIpc) is 3.13. The Balaban J connectivity index is 1.32. The van der Waals surface area contributed by atoms with Gasteiger partial charge in [-0.05, 0) is 37.1 Å². The molecule has 0 unspecified atom stereocenters. The minimum Gasteiger partial charge on any atom is -0.425 e. The van der Waals surface area contributed by atoms with Crippen molar-refractivity contribution in [2.45, 2.75) is 37.5 Å². The van der Waals surface area contributed by atoms with Gasteiger partial charge in [-0.1, -0.05) is 0 Å². The van der Waals surface area contributed by atoms with Gasteiger partial charge >= 0.3 is 0 Å². The molecule has 0 radical (unpaired) electrons. The molecule has 0 aromatic carbocycles. The lowest BCUT2D eigenvalue weighted by Gasteiger charge is -2.31. The number of fused-ring (bicyclic) bond motifs is 1. The molecule has 5 rings (SSSR count). The van der Waals surface area contributed by atoms with Crippen LogP contribution in [0.2, 0.25) is 0 Å². The molecule has 3 aromatic heterocycles. The molecule has 0 atom stereocenters. The molecule has 1 saturated heterocycles. The molecule has 7 heteroatoms. The van der Waals surface area contributed by atoms with Crippen LogP contribution >= 0.6 is 11.3 Å². The average molecular weight is 327 g/mol. The molecule has 2 aliphatic rings. The molecule has 2 fully saturated rings. The Hall–Kier alpha value is -2.02. The molecule has 0 bridgehead atoms. The Labute approximate surface area is 137 Å². The van der Waals surface area contributed by atoms with E-state index in [1.165, 1.54) is 17.5 Å². The molecule has 0 amide bonds. The van der Waals surface area contributed by atoms with Gasteiger partial charge in [-0.3, -0.25) is 0 Å². The minimum absolute atomic E-state index is 0.381. The number of piperidine rings is 1. The number of hydrogen-bond acceptors (Lipinski definition) is 7. The number of rotatable bonds is 3. The highest BCUT2D eigenvalue weighted by molar-refractivity contribution is 7.17. The summed E-state index contributed by atoms with van der Waals surface area (Å²) in [5, 5.41) is 10.6. The summed E-state index contributed by atoms with van der Waals surface area (Å²) in [7, 11) is 0. The van der Waals surface area contributed by atoms with E-state index in [1.807, 2.05) is 0 Å². The van der Waals surface area contributed by atoms with E-state index in [0.717, 1.165) is 49.0 Å². The summed E-state index contributed by atoms with van der Waals surface area (Å²) in [4.78, 5) is 11.2. The molecule has 1 aliphatic carbocycles. The van der Waals surface area contributed by atoms with Crippen molar-refractivity contribution in [3.63, 3.8) is 0 Å². The van der Waals surface area contributed by atoms with Crippen molar-refractivity contribution >= 4 is 27.4 Å². The number of hydrogen-bond donors (Lipinski definition) is 0. The maximum atomic E-state index is 5.88. The van der Waals surface area contributed by atoms with Crippen LogP contribution in [-0.2, 0) is 0 Å². The first-order chi connectivity index (χ1) is 11.4. The Morgan fingerprint density at radius 2 is 1.74 bits per heavy atom. The smallest absolute Gasteiger partial charge is 0.219 e. The van der Waals surface area contributed by atoms with Gasteiger partial charge in [0.1, 0.15) is 12.1 Å². The van der Waals surface area contributed by atoms with E-state index < -0.39 is 0 Å². The Morgan fingerprint density at radius 1 is 1.00 bits per heavy atom. The van der Waals surface area contributed by atoms with E-state index >= 15 is 0 Å². The van der Waals surface area contributed by atoms with Crippen LogP contribution in [0.25, 0.3) is 10.2 Å². The topological polar surface area (TPSA) is 67.9 Å². The second kappa shape index (κ2) is 5.26. The quantitative estimate of drug-likeness (QED) is 0.735.